The maximum Gasteiger partial charge on any atom is 0.225 e. The molecule has 1 aromatic carbocycles. The zero-order valence-electron chi connectivity index (χ0n) is 10.5. The molecule has 0 aliphatic heterocycles. The fraction of sp³-hybridized carbons (Fsp3) is 0.500. The number of aliphatic hydroxyl groups is 1. The predicted octanol–water partition coefficient (Wildman–Crippen LogP) is 1.61. The van der Waals surface area contributed by atoms with Gasteiger partial charge in [0.15, 0.2) is 0 Å². The third kappa shape index (κ3) is 4.57. The molecule has 3 heteroatoms. The molecular weight excluding hydrogens is 214 g/mol. The van der Waals surface area contributed by atoms with E-state index in [0.29, 0.717) is 6.54 Å². The van der Waals surface area contributed by atoms with Crippen LogP contribution in [0.4, 0.5) is 0 Å². The highest BCUT2D eigenvalue weighted by molar-refractivity contribution is 5.78. The second kappa shape index (κ2) is 7.07. The van der Waals surface area contributed by atoms with Crippen LogP contribution >= 0.6 is 0 Å². The summed E-state index contributed by atoms with van der Waals surface area (Å²) in [7, 11) is 0. The Morgan fingerprint density at radius 2 is 1.94 bits per heavy atom. The van der Waals surface area contributed by atoms with E-state index in [4.69, 9.17) is 5.11 Å². The van der Waals surface area contributed by atoms with Crippen molar-refractivity contribution >= 4 is 5.91 Å². The van der Waals surface area contributed by atoms with Gasteiger partial charge < -0.3 is 10.4 Å². The molecular formula is C14H21NO2. The summed E-state index contributed by atoms with van der Waals surface area (Å²) in [5.41, 5.74) is 1.21. The van der Waals surface area contributed by atoms with Crippen LogP contribution in [-0.4, -0.2) is 24.2 Å². The fourth-order valence-electron chi connectivity index (χ4n) is 1.70. The number of carbonyl (C=O) groups excluding carboxylic acids is 1. The standard InChI is InChI=1S/C14H21NO2/c1-11(2)13(10-16)14(17)15-9-8-12-6-4-3-5-7-12/h3-7,11,13,16H,8-10H2,1-2H3,(H,15,17). The van der Waals surface area contributed by atoms with Gasteiger partial charge in [0.05, 0.1) is 12.5 Å². The lowest BCUT2D eigenvalue weighted by Gasteiger charge is -2.17. The molecule has 1 aromatic rings. The molecule has 0 aliphatic rings. The summed E-state index contributed by atoms with van der Waals surface area (Å²) in [6, 6.07) is 10.0. The van der Waals surface area contributed by atoms with Crippen molar-refractivity contribution < 1.29 is 9.90 Å². The van der Waals surface area contributed by atoms with E-state index in [1.807, 2.05) is 44.2 Å². The summed E-state index contributed by atoms with van der Waals surface area (Å²) < 4.78 is 0. The van der Waals surface area contributed by atoms with Crippen molar-refractivity contribution in [1.29, 1.82) is 0 Å². The van der Waals surface area contributed by atoms with E-state index >= 15 is 0 Å². The molecule has 1 rings (SSSR count). The topological polar surface area (TPSA) is 49.3 Å². The molecule has 0 radical (unpaired) electrons. The van der Waals surface area contributed by atoms with Gasteiger partial charge in [0.1, 0.15) is 0 Å². The van der Waals surface area contributed by atoms with E-state index in [2.05, 4.69) is 5.32 Å². The SMILES string of the molecule is CC(C)C(CO)C(=O)NCCc1ccccc1. The minimum Gasteiger partial charge on any atom is -0.396 e. The monoisotopic (exact) mass is 235 g/mol. The van der Waals surface area contributed by atoms with Crippen LogP contribution in [-0.2, 0) is 11.2 Å². The first kappa shape index (κ1) is 13.7. The maximum atomic E-state index is 11.7. The van der Waals surface area contributed by atoms with Gasteiger partial charge >= 0.3 is 0 Å². The lowest BCUT2D eigenvalue weighted by molar-refractivity contribution is -0.127. The number of amides is 1. The summed E-state index contributed by atoms with van der Waals surface area (Å²) in [6.07, 6.45) is 0.822. The second-order valence-electron chi connectivity index (χ2n) is 4.56. The van der Waals surface area contributed by atoms with Crippen molar-refractivity contribution in [2.45, 2.75) is 20.3 Å². The molecule has 3 nitrogen and oxygen atoms in total. The zero-order valence-corrected chi connectivity index (χ0v) is 10.5. The number of aliphatic hydroxyl groups excluding tert-OH is 1. The third-order valence-electron chi connectivity index (χ3n) is 2.89. The van der Waals surface area contributed by atoms with Gasteiger partial charge in [-0.15, -0.1) is 0 Å². The van der Waals surface area contributed by atoms with Crippen molar-refractivity contribution in [2.75, 3.05) is 13.2 Å². The van der Waals surface area contributed by atoms with Gasteiger partial charge in [0.2, 0.25) is 5.91 Å². The van der Waals surface area contributed by atoms with Gasteiger partial charge in [-0.05, 0) is 17.9 Å². The van der Waals surface area contributed by atoms with Crippen LogP contribution in [0, 0.1) is 11.8 Å². The predicted molar refractivity (Wildman–Crippen MR) is 68.6 cm³/mol. The van der Waals surface area contributed by atoms with Crippen LogP contribution in [0.15, 0.2) is 30.3 Å². The Hall–Kier alpha value is -1.35. The molecule has 1 atom stereocenters. The second-order valence-corrected chi connectivity index (χ2v) is 4.56. The van der Waals surface area contributed by atoms with E-state index in [1.165, 1.54) is 5.56 Å². The highest BCUT2D eigenvalue weighted by Gasteiger charge is 2.20. The quantitative estimate of drug-likeness (QED) is 0.787. The van der Waals surface area contributed by atoms with Crippen LogP contribution in [0.25, 0.3) is 0 Å². The smallest absolute Gasteiger partial charge is 0.225 e. The van der Waals surface area contributed by atoms with Gasteiger partial charge in [-0.2, -0.15) is 0 Å². The molecule has 0 spiro atoms. The first-order chi connectivity index (χ1) is 8.15. The van der Waals surface area contributed by atoms with Gasteiger partial charge in [0, 0.05) is 6.54 Å². The molecule has 1 unspecified atom stereocenters. The van der Waals surface area contributed by atoms with Crippen molar-refractivity contribution in [1.82, 2.24) is 5.32 Å². The van der Waals surface area contributed by atoms with Crippen molar-refractivity contribution in [3.05, 3.63) is 35.9 Å². The molecule has 1 amide bonds. The summed E-state index contributed by atoms with van der Waals surface area (Å²) in [5.74, 6) is -0.194. The first-order valence-corrected chi connectivity index (χ1v) is 6.07. The fourth-order valence-corrected chi connectivity index (χ4v) is 1.70. The molecule has 17 heavy (non-hydrogen) atoms. The zero-order chi connectivity index (χ0) is 12.7. The summed E-state index contributed by atoms with van der Waals surface area (Å²) >= 11 is 0. The Morgan fingerprint density at radius 3 is 2.47 bits per heavy atom. The van der Waals surface area contributed by atoms with E-state index in [0.717, 1.165) is 6.42 Å². The highest BCUT2D eigenvalue weighted by atomic mass is 16.3. The number of carbonyl (C=O) groups is 1. The van der Waals surface area contributed by atoms with Crippen LogP contribution in [0.2, 0.25) is 0 Å². The number of hydrogen-bond acceptors (Lipinski definition) is 2. The summed E-state index contributed by atoms with van der Waals surface area (Å²) in [4.78, 5) is 11.7. The molecule has 0 bridgehead atoms. The average molecular weight is 235 g/mol. The lowest BCUT2D eigenvalue weighted by Crippen LogP contribution is -2.36. The Morgan fingerprint density at radius 1 is 1.29 bits per heavy atom. The van der Waals surface area contributed by atoms with Crippen LogP contribution < -0.4 is 5.32 Å². The van der Waals surface area contributed by atoms with Crippen molar-refractivity contribution in [2.24, 2.45) is 11.8 Å². The van der Waals surface area contributed by atoms with Crippen molar-refractivity contribution in [3.63, 3.8) is 0 Å². The molecule has 0 aromatic heterocycles. The molecule has 0 heterocycles. The molecule has 0 aliphatic carbocycles. The summed E-state index contributed by atoms with van der Waals surface area (Å²) in [6.45, 7) is 4.41. The van der Waals surface area contributed by atoms with Crippen molar-refractivity contribution in [3.8, 4) is 0 Å². The Bertz CT molecular complexity index is 335. The lowest BCUT2D eigenvalue weighted by atomic mass is 9.96. The van der Waals surface area contributed by atoms with E-state index in [1.54, 1.807) is 0 Å². The van der Waals surface area contributed by atoms with Gasteiger partial charge in [-0.3, -0.25) is 4.79 Å². The Labute approximate surface area is 103 Å². The highest BCUT2D eigenvalue weighted by Crippen LogP contribution is 2.09. The number of rotatable bonds is 6. The summed E-state index contributed by atoms with van der Waals surface area (Å²) in [5, 5.41) is 12.0. The molecule has 0 saturated heterocycles. The number of benzene rings is 1. The van der Waals surface area contributed by atoms with E-state index in [9.17, 15) is 4.79 Å². The largest absolute Gasteiger partial charge is 0.396 e. The molecule has 0 fully saturated rings. The van der Waals surface area contributed by atoms with Crippen LogP contribution in [0.3, 0.4) is 0 Å². The van der Waals surface area contributed by atoms with Crippen LogP contribution in [0.1, 0.15) is 19.4 Å². The Kier molecular flexibility index (Phi) is 5.70. The van der Waals surface area contributed by atoms with E-state index < -0.39 is 0 Å². The molecule has 94 valence electrons. The molecule has 0 saturated carbocycles. The minimum atomic E-state index is -0.300. The average Bonchev–Trinajstić information content (AvgIpc) is 2.30. The third-order valence-corrected chi connectivity index (χ3v) is 2.89. The van der Waals surface area contributed by atoms with Gasteiger partial charge in [-0.1, -0.05) is 44.2 Å². The molecule has 2 N–H and O–H groups in total. The number of hydrogen-bond donors (Lipinski definition) is 2. The minimum absolute atomic E-state index is 0.0570. The number of nitrogens with one attached hydrogen (secondary N) is 1. The first-order valence-electron chi connectivity index (χ1n) is 6.07. The maximum absolute atomic E-state index is 11.7. The normalized spacial score (nSPS) is 12.5. The van der Waals surface area contributed by atoms with E-state index in [-0.39, 0.29) is 24.3 Å². The van der Waals surface area contributed by atoms with Gasteiger partial charge in [-0.25, -0.2) is 0 Å². The Balaban J connectivity index is 2.33. The van der Waals surface area contributed by atoms with Crippen LogP contribution in [0.5, 0.6) is 0 Å². The van der Waals surface area contributed by atoms with Gasteiger partial charge in [0.25, 0.3) is 0 Å².